The Balaban J connectivity index is 1.49. The van der Waals surface area contributed by atoms with Gasteiger partial charge in [0.1, 0.15) is 29.8 Å². The molecule has 4 rings (SSSR count). The highest BCUT2D eigenvalue weighted by molar-refractivity contribution is 6.30. The predicted octanol–water partition coefficient (Wildman–Crippen LogP) is 3.53. The van der Waals surface area contributed by atoms with Crippen molar-refractivity contribution in [3.63, 3.8) is 0 Å². The molecule has 32 heavy (non-hydrogen) atoms. The molecule has 9 nitrogen and oxygen atoms in total. The van der Waals surface area contributed by atoms with Gasteiger partial charge in [0, 0.05) is 18.4 Å². The summed E-state index contributed by atoms with van der Waals surface area (Å²) in [6, 6.07) is 12.1. The summed E-state index contributed by atoms with van der Waals surface area (Å²) in [6.45, 7) is 3.12. The second kappa shape index (κ2) is 9.11. The van der Waals surface area contributed by atoms with Crippen LogP contribution in [0.1, 0.15) is 23.1 Å². The molecule has 0 radical (unpaired) electrons. The number of aromatic nitrogens is 2. The molecule has 0 amide bonds. The Hall–Kier alpha value is -3.85. The zero-order valence-corrected chi connectivity index (χ0v) is 17.8. The number of imidazole rings is 1. The van der Waals surface area contributed by atoms with Gasteiger partial charge in [-0.15, -0.1) is 0 Å². The van der Waals surface area contributed by atoms with Crippen molar-refractivity contribution >= 4 is 34.1 Å². The lowest BCUT2D eigenvalue weighted by atomic mass is 10.2. The van der Waals surface area contributed by atoms with Crippen LogP contribution in [0.25, 0.3) is 16.6 Å². The normalized spacial score (nSPS) is 13.8. The Kier molecular flexibility index (Phi) is 6.09. The van der Waals surface area contributed by atoms with Gasteiger partial charge >= 0.3 is 5.97 Å². The first-order valence-electron chi connectivity index (χ1n) is 10.2. The van der Waals surface area contributed by atoms with Crippen LogP contribution in [-0.4, -0.2) is 60.4 Å². The highest BCUT2D eigenvalue weighted by Gasteiger charge is 2.31. The number of amidine groups is 1. The number of rotatable bonds is 8. The van der Waals surface area contributed by atoms with Crippen molar-refractivity contribution in [2.45, 2.75) is 6.92 Å². The Morgan fingerprint density at radius 1 is 1.22 bits per heavy atom. The molecule has 1 aromatic heterocycles. The van der Waals surface area contributed by atoms with Gasteiger partial charge in [-0.3, -0.25) is 5.41 Å². The number of nitrogens with zero attached hydrogens (tertiary/aromatic N) is 2. The molecule has 3 N–H and O–H groups in total. The molecule has 0 atom stereocenters. The highest BCUT2D eigenvalue weighted by Crippen LogP contribution is 2.31. The molecule has 0 unspecified atom stereocenters. The van der Waals surface area contributed by atoms with Gasteiger partial charge in [0.25, 0.3) is 0 Å². The van der Waals surface area contributed by atoms with E-state index in [-0.39, 0.29) is 24.7 Å². The number of H-pyrrole nitrogens is 1. The summed E-state index contributed by atoms with van der Waals surface area (Å²) in [5.74, 6) is 0.811. The molecule has 3 aromatic rings. The first-order valence-corrected chi connectivity index (χ1v) is 10.2. The van der Waals surface area contributed by atoms with Crippen LogP contribution in [0.2, 0.25) is 0 Å². The van der Waals surface area contributed by atoms with E-state index in [9.17, 15) is 9.90 Å². The SMILES string of the molecule is CCOCCOC(=O)c1ccc(N2CC(O)=C(c3nc4ccc(OC)cc4[nH]3)C2=N)cc1. The van der Waals surface area contributed by atoms with Crippen molar-refractivity contribution in [1.82, 2.24) is 9.97 Å². The van der Waals surface area contributed by atoms with Crippen LogP contribution in [0.4, 0.5) is 5.69 Å². The summed E-state index contributed by atoms with van der Waals surface area (Å²) in [5, 5.41) is 19.2. The highest BCUT2D eigenvalue weighted by atomic mass is 16.6. The summed E-state index contributed by atoms with van der Waals surface area (Å²) in [7, 11) is 1.59. The maximum atomic E-state index is 12.1. The lowest BCUT2D eigenvalue weighted by Gasteiger charge is -2.18. The number of carbonyl (C=O) groups is 1. The fourth-order valence-corrected chi connectivity index (χ4v) is 3.48. The first-order chi connectivity index (χ1) is 15.5. The van der Waals surface area contributed by atoms with Crippen molar-refractivity contribution < 1.29 is 24.1 Å². The molecule has 0 fully saturated rings. The number of nitrogens with one attached hydrogen (secondary N) is 2. The van der Waals surface area contributed by atoms with Crippen molar-refractivity contribution in [2.24, 2.45) is 0 Å². The van der Waals surface area contributed by atoms with Crippen LogP contribution >= 0.6 is 0 Å². The van der Waals surface area contributed by atoms with Gasteiger partial charge in [-0.2, -0.15) is 0 Å². The zero-order valence-electron chi connectivity index (χ0n) is 17.8. The minimum atomic E-state index is -0.438. The molecular weight excluding hydrogens is 412 g/mol. The molecule has 1 aliphatic rings. The van der Waals surface area contributed by atoms with Crippen LogP contribution < -0.4 is 9.64 Å². The number of hydrogen-bond donors (Lipinski definition) is 3. The first kappa shape index (κ1) is 21.4. The molecule has 0 saturated carbocycles. The van der Waals surface area contributed by atoms with E-state index in [1.807, 2.05) is 19.1 Å². The largest absolute Gasteiger partial charge is 0.509 e. The van der Waals surface area contributed by atoms with E-state index < -0.39 is 5.97 Å². The second-order valence-electron chi connectivity index (χ2n) is 7.10. The van der Waals surface area contributed by atoms with Crippen LogP contribution in [0, 0.1) is 5.41 Å². The number of aromatic amines is 1. The zero-order chi connectivity index (χ0) is 22.7. The van der Waals surface area contributed by atoms with E-state index in [4.69, 9.17) is 19.6 Å². The Bertz CT molecular complexity index is 1180. The summed E-state index contributed by atoms with van der Waals surface area (Å²) in [4.78, 5) is 21.4. The fraction of sp³-hybridized carbons (Fsp3) is 0.261. The molecule has 166 valence electrons. The molecule has 0 saturated heterocycles. The molecule has 2 heterocycles. The number of aliphatic hydroxyl groups excluding tert-OH is 1. The molecule has 1 aliphatic heterocycles. The van der Waals surface area contributed by atoms with Gasteiger partial charge in [-0.1, -0.05) is 0 Å². The van der Waals surface area contributed by atoms with Crippen LogP contribution in [-0.2, 0) is 9.47 Å². The van der Waals surface area contributed by atoms with Crippen LogP contribution in [0.3, 0.4) is 0 Å². The van der Waals surface area contributed by atoms with Crippen molar-refractivity contribution in [2.75, 3.05) is 38.4 Å². The minimum absolute atomic E-state index is 0.0421. The summed E-state index contributed by atoms with van der Waals surface area (Å²) in [5.41, 5.74) is 2.86. The van der Waals surface area contributed by atoms with E-state index in [1.165, 1.54) is 0 Å². The van der Waals surface area contributed by atoms with E-state index in [1.54, 1.807) is 42.3 Å². The van der Waals surface area contributed by atoms with E-state index >= 15 is 0 Å². The summed E-state index contributed by atoms with van der Waals surface area (Å²) in [6.07, 6.45) is 0. The average Bonchev–Trinajstić information content (AvgIpc) is 3.35. The molecule has 0 bridgehead atoms. The van der Waals surface area contributed by atoms with E-state index in [2.05, 4.69) is 9.97 Å². The number of methoxy groups -OCH3 is 1. The third-order valence-corrected chi connectivity index (χ3v) is 5.11. The Labute approximate surface area is 184 Å². The monoisotopic (exact) mass is 436 g/mol. The van der Waals surface area contributed by atoms with Gasteiger partial charge in [-0.25, -0.2) is 9.78 Å². The van der Waals surface area contributed by atoms with Crippen molar-refractivity contribution in [3.05, 3.63) is 59.6 Å². The predicted molar refractivity (Wildman–Crippen MR) is 120 cm³/mol. The van der Waals surface area contributed by atoms with Crippen molar-refractivity contribution in [3.8, 4) is 5.75 Å². The van der Waals surface area contributed by atoms with Crippen LogP contribution in [0.15, 0.2) is 48.2 Å². The van der Waals surface area contributed by atoms with E-state index in [0.29, 0.717) is 47.1 Å². The molecule has 0 spiro atoms. The Morgan fingerprint density at radius 3 is 2.72 bits per heavy atom. The maximum absolute atomic E-state index is 12.1. The number of anilines is 1. The molecule has 0 aliphatic carbocycles. The number of benzene rings is 2. The molecule has 2 aromatic carbocycles. The van der Waals surface area contributed by atoms with Gasteiger partial charge in [0.2, 0.25) is 0 Å². The number of carbonyl (C=O) groups excluding carboxylic acids is 1. The molecule has 9 heteroatoms. The standard InChI is InChI=1S/C23H24N4O5/c1-3-31-10-11-32-23(29)14-4-6-15(7-5-14)27-13-19(28)20(21(27)24)22-25-17-9-8-16(30-2)12-18(17)26-22/h4-9,12,24,28H,3,10-11,13H2,1-2H3,(H,25,26). The van der Waals surface area contributed by atoms with Gasteiger partial charge in [-0.05, 0) is 43.3 Å². The van der Waals surface area contributed by atoms with Crippen LogP contribution in [0.5, 0.6) is 5.75 Å². The minimum Gasteiger partial charge on any atom is -0.509 e. The van der Waals surface area contributed by atoms with Crippen molar-refractivity contribution in [1.29, 1.82) is 5.41 Å². The summed E-state index contributed by atoms with van der Waals surface area (Å²) < 4.78 is 15.6. The number of hydrogen-bond acceptors (Lipinski definition) is 7. The lowest BCUT2D eigenvalue weighted by molar-refractivity contribution is 0.0335. The number of fused-ring (bicyclic) bond motifs is 1. The van der Waals surface area contributed by atoms with E-state index in [0.717, 1.165) is 5.52 Å². The number of esters is 1. The number of ether oxygens (including phenoxy) is 3. The fourth-order valence-electron chi connectivity index (χ4n) is 3.48. The third kappa shape index (κ3) is 4.15. The third-order valence-electron chi connectivity index (χ3n) is 5.11. The average molecular weight is 436 g/mol. The topological polar surface area (TPSA) is 121 Å². The quantitative estimate of drug-likeness (QED) is 0.365. The number of aliphatic hydroxyl groups is 1. The molecular formula is C23H24N4O5. The smallest absolute Gasteiger partial charge is 0.338 e. The summed E-state index contributed by atoms with van der Waals surface area (Å²) >= 11 is 0. The maximum Gasteiger partial charge on any atom is 0.338 e. The Morgan fingerprint density at radius 2 is 2.00 bits per heavy atom. The van der Waals surface area contributed by atoms with Gasteiger partial charge in [0.05, 0.1) is 42.4 Å². The van der Waals surface area contributed by atoms with Gasteiger partial charge in [0.15, 0.2) is 0 Å². The second-order valence-corrected chi connectivity index (χ2v) is 7.10. The van der Waals surface area contributed by atoms with Gasteiger partial charge < -0.3 is 29.2 Å². The lowest BCUT2D eigenvalue weighted by Crippen LogP contribution is -2.26.